The van der Waals surface area contributed by atoms with Crippen LogP contribution in [0.2, 0.25) is 0 Å². The van der Waals surface area contributed by atoms with Crippen molar-refractivity contribution in [3.8, 4) is 28.8 Å². The molecule has 0 atom stereocenters. The number of aromatic nitrogens is 5. The molecule has 1 aliphatic carbocycles. The molecule has 9 rings (SSSR count). The van der Waals surface area contributed by atoms with Crippen LogP contribution in [0.3, 0.4) is 0 Å². The van der Waals surface area contributed by atoms with Gasteiger partial charge < -0.3 is 4.42 Å². The lowest BCUT2D eigenvalue weighted by molar-refractivity contribution is 0.618. The summed E-state index contributed by atoms with van der Waals surface area (Å²) in [7, 11) is 0. The molecule has 0 aliphatic heterocycles. The van der Waals surface area contributed by atoms with E-state index in [4.69, 9.17) is 24.4 Å². The molecule has 0 bridgehead atoms. The summed E-state index contributed by atoms with van der Waals surface area (Å²) in [5, 5.41) is 2.34. The van der Waals surface area contributed by atoms with Gasteiger partial charge in [-0.25, -0.2) is 9.97 Å². The summed E-state index contributed by atoms with van der Waals surface area (Å²) in [4.78, 5) is 20.0. The molecule has 0 saturated carbocycles. The van der Waals surface area contributed by atoms with Gasteiger partial charge in [0.25, 0.3) is 0 Å². The second kappa shape index (κ2) is 10.8. The Kier molecular flexibility index (Phi) is 6.16. The van der Waals surface area contributed by atoms with Crippen LogP contribution in [0.25, 0.3) is 72.8 Å². The number of rotatable bonds is 5. The highest BCUT2D eigenvalue weighted by Gasteiger charge is 2.21. The maximum atomic E-state index is 6.33. The van der Waals surface area contributed by atoms with Gasteiger partial charge in [-0.2, -0.15) is 9.97 Å². The number of nitrogens with zero attached hydrogens (tertiary/aromatic N) is 5. The lowest BCUT2D eigenvalue weighted by atomic mass is 9.92. The van der Waals surface area contributed by atoms with Crippen molar-refractivity contribution < 1.29 is 4.42 Å². The molecule has 0 N–H and O–H groups in total. The van der Waals surface area contributed by atoms with Crippen LogP contribution >= 0.6 is 0 Å². The fourth-order valence-corrected chi connectivity index (χ4v) is 6.42. The minimum atomic E-state index is 0.608. The van der Waals surface area contributed by atoms with E-state index in [0.717, 1.165) is 57.2 Å². The number of allylic oxidation sites excluding steroid dienone is 4. The van der Waals surface area contributed by atoms with E-state index in [1.54, 1.807) is 0 Å². The zero-order chi connectivity index (χ0) is 30.5. The molecule has 0 spiro atoms. The van der Waals surface area contributed by atoms with Crippen LogP contribution in [-0.4, -0.2) is 24.5 Å². The molecule has 1 aliphatic rings. The maximum absolute atomic E-state index is 6.33. The molecule has 0 saturated heterocycles. The van der Waals surface area contributed by atoms with E-state index in [0.29, 0.717) is 23.5 Å². The van der Waals surface area contributed by atoms with Crippen LogP contribution in [0.5, 0.6) is 0 Å². The van der Waals surface area contributed by atoms with Crippen molar-refractivity contribution in [2.45, 2.75) is 12.8 Å². The van der Waals surface area contributed by atoms with E-state index in [9.17, 15) is 0 Å². The van der Waals surface area contributed by atoms with Crippen molar-refractivity contribution in [1.29, 1.82) is 0 Å². The quantitative estimate of drug-likeness (QED) is 0.199. The van der Waals surface area contributed by atoms with E-state index < -0.39 is 0 Å². The van der Waals surface area contributed by atoms with Gasteiger partial charge in [0.2, 0.25) is 11.8 Å². The third kappa shape index (κ3) is 4.42. The Bertz CT molecular complexity index is 2420. The lowest BCUT2D eigenvalue weighted by Gasteiger charge is -2.16. The first kappa shape index (κ1) is 26.3. The molecular weight excluding hydrogens is 566 g/mol. The van der Waals surface area contributed by atoms with E-state index in [2.05, 4.69) is 71.3 Å². The monoisotopic (exact) mass is 593 g/mol. The fraction of sp³-hybridized carbons (Fsp3) is 0.0500. The van der Waals surface area contributed by atoms with Gasteiger partial charge in [0.15, 0.2) is 17.2 Å². The highest BCUT2D eigenvalue weighted by Crippen LogP contribution is 2.37. The summed E-state index contributed by atoms with van der Waals surface area (Å²) in [5.74, 6) is 2.58. The third-order valence-electron chi connectivity index (χ3n) is 8.65. The summed E-state index contributed by atoms with van der Waals surface area (Å²) in [6, 6.07) is 43.2. The minimum absolute atomic E-state index is 0.608. The second-order valence-corrected chi connectivity index (χ2v) is 11.4. The number of hydrogen-bond donors (Lipinski definition) is 0. The van der Waals surface area contributed by atoms with Gasteiger partial charge in [-0.05, 0) is 54.3 Å². The summed E-state index contributed by atoms with van der Waals surface area (Å²) >= 11 is 0. The minimum Gasteiger partial charge on any atom is -0.435 e. The van der Waals surface area contributed by atoms with Gasteiger partial charge in [0, 0.05) is 27.5 Å². The molecule has 8 aromatic rings. The molecular formula is C40H27N5O. The molecule has 0 radical (unpaired) electrons. The number of oxazole rings is 1. The van der Waals surface area contributed by atoms with Gasteiger partial charge in [-0.3, -0.25) is 4.57 Å². The molecule has 3 aromatic heterocycles. The standard InChI is InChI=1S/C40H27N5O/c1-3-12-27(13-4-1)37-42-38(44-40(43-37)45-34-20-9-7-16-31(34)32-17-8-10-21-35(32)45)28-24-22-26(23-25-28)30-18-11-19-33-36(30)46-39(41-33)29-14-5-2-6-15-29/h1-22,24H,23,25H2. The predicted octanol–water partition coefficient (Wildman–Crippen LogP) is 9.70. The zero-order valence-electron chi connectivity index (χ0n) is 24.8. The molecule has 218 valence electrons. The number of benzene rings is 5. The Hall–Kier alpha value is -6.14. The molecule has 3 heterocycles. The Morgan fingerprint density at radius 2 is 1.11 bits per heavy atom. The summed E-state index contributed by atoms with van der Waals surface area (Å²) < 4.78 is 8.49. The Labute approximate surface area is 265 Å². The second-order valence-electron chi connectivity index (χ2n) is 11.4. The van der Waals surface area contributed by atoms with Crippen molar-refractivity contribution in [2.75, 3.05) is 0 Å². The van der Waals surface area contributed by atoms with Crippen LogP contribution in [0.15, 0.2) is 144 Å². The van der Waals surface area contributed by atoms with Crippen LogP contribution in [0.1, 0.15) is 24.2 Å². The Balaban J connectivity index is 1.17. The average molecular weight is 594 g/mol. The van der Waals surface area contributed by atoms with Crippen LogP contribution in [0.4, 0.5) is 0 Å². The first-order valence-electron chi connectivity index (χ1n) is 15.5. The first-order chi connectivity index (χ1) is 22.8. The van der Waals surface area contributed by atoms with E-state index in [-0.39, 0.29) is 0 Å². The van der Waals surface area contributed by atoms with Crippen molar-refractivity contribution in [1.82, 2.24) is 24.5 Å². The lowest BCUT2D eigenvalue weighted by Crippen LogP contribution is -2.09. The number of para-hydroxylation sites is 3. The number of fused-ring (bicyclic) bond motifs is 4. The molecule has 5 aromatic carbocycles. The molecule has 0 fully saturated rings. The van der Waals surface area contributed by atoms with Gasteiger partial charge in [0.05, 0.1) is 11.0 Å². The van der Waals surface area contributed by atoms with Gasteiger partial charge >= 0.3 is 0 Å². The summed E-state index contributed by atoms with van der Waals surface area (Å²) in [5.41, 5.74) is 9.04. The first-order valence-corrected chi connectivity index (χ1v) is 15.5. The highest BCUT2D eigenvalue weighted by molar-refractivity contribution is 6.09. The fourth-order valence-electron chi connectivity index (χ4n) is 6.42. The molecule has 6 nitrogen and oxygen atoms in total. The van der Waals surface area contributed by atoms with Gasteiger partial charge in [0.1, 0.15) is 5.52 Å². The zero-order valence-corrected chi connectivity index (χ0v) is 24.8. The van der Waals surface area contributed by atoms with Crippen molar-refractivity contribution in [3.05, 3.63) is 151 Å². The van der Waals surface area contributed by atoms with Crippen molar-refractivity contribution >= 4 is 44.1 Å². The average Bonchev–Trinajstić information content (AvgIpc) is 3.72. The predicted molar refractivity (Wildman–Crippen MR) is 184 cm³/mol. The smallest absolute Gasteiger partial charge is 0.238 e. The largest absolute Gasteiger partial charge is 0.435 e. The summed E-state index contributed by atoms with van der Waals surface area (Å²) in [6.07, 6.45) is 5.92. The van der Waals surface area contributed by atoms with E-state index in [1.807, 2.05) is 72.8 Å². The highest BCUT2D eigenvalue weighted by atomic mass is 16.3. The molecule has 46 heavy (non-hydrogen) atoms. The van der Waals surface area contributed by atoms with Gasteiger partial charge in [-0.1, -0.05) is 109 Å². The topological polar surface area (TPSA) is 69.6 Å². The number of hydrogen-bond acceptors (Lipinski definition) is 5. The van der Waals surface area contributed by atoms with Crippen molar-refractivity contribution in [2.24, 2.45) is 0 Å². The molecule has 0 unspecified atom stereocenters. The van der Waals surface area contributed by atoms with E-state index in [1.165, 1.54) is 16.3 Å². The Morgan fingerprint density at radius 3 is 1.80 bits per heavy atom. The van der Waals surface area contributed by atoms with Crippen molar-refractivity contribution in [3.63, 3.8) is 0 Å². The van der Waals surface area contributed by atoms with Gasteiger partial charge in [-0.15, -0.1) is 0 Å². The third-order valence-corrected chi connectivity index (χ3v) is 8.65. The van der Waals surface area contributed by atoms with Crippen LogP contribution < -0.4 is 0 Å². The summed E-state index contributed by atoms with van der Waals surface area (Å²) in [6.45, 7) is 0. The maximum Gasteiger partial charge on any atom is 0.238 e. The SMILES string of the molecule is C1=C(c2nc(-c3ccccc3)nc(-n3c4ccccc4c4ccccc43)n2)CCC(c2cccc3nc(-c4ccccc4)oc23)=C1. The molecule has 0 amide bonds. The normalized spacial score (nSPS) is 13.3. The van der Waals surface area contributed by atoms with Crippen LogP contribution in [0, 0.1) is 0 Å². The molecule has 6 heteroatoms. The Morgan fingerprint density at radius 1 is 0.500 bits per heavy atom. The van der Waals surface area contributed by atoms with E-state index >= 15 is 0 Å². The van der Waals surface area contributed by atoms with Crippen LogP contribution in [-0.2, 0) is 0 Å².